The number of rotatable bonds is 11. The molecule has 2 aromatic carbocycles. The molecule has 11 heteroatoms. The molecule has 3 aromatic rings. The molecule has 1 aromatic heterocycles. The number of ether oxygens (including phenoxy) is 1. The molecule has 2 amide bonds. The lowest BCUT2D eigenvalue weighted by molar-refractivity contribution is -0.124. The van der Waals surface area contributed by atoms with Crippen LogP contribution >= 0.6 is 0 Å². The molecule has 204 valence electrons. The predicted octanol–water partition coefficient (Wildman–Crippen LogP) is 3.25. The van der Waals surface area contributed by atoms with Crippen LogP contribution in [0.5, 0.6) is 5.75 Å². The maximum Gasteiger partial charge on any atom is 0.265 e. The van der Waals surface area contributed by atoms with Gasteiger partial charge in [-0.2, -0.15) is 5.10 Å². The number of carbonyl (C=O) groups excluding carboxylic acids is 2. The number of anilines is 1. The van der Waals surface area contributed by atoms with E-state index in [0.29, 0.717) is 11.3 Å². The molecule has 0 radical (unpaired) electrons. The van der Waals surface area contributed by atoms with Crippen LogP contribution in [0.25, 0.3) is 0 Å². The Morgan fingerprint density at radius 2 is 1.67 bits per heavy atom. The average Bonchev–Trinajstić information content (AvgIpc) is 2.97. The highest BCUT2D eigenvalue weighted by molar-refractivity contribution is 7.92. The Morgan fingerprint density at radius 1 is 0.949 bits per heavy atom. The van der Waals surface area contributed by atoms with Crippen molar-refractivity contribution in [3.63, 3.8) is 0 Å². The van der Waals surface area contributed by atoms with Gasteiger partial charge < -0.3 is 10.1 Å². The second-order valence-electron chi connectivity index (χ2n) is 9.07. The molecule has 1 heterocycles. The summed E-state index contributed by atoms with van der Waals surface area (Å²) in [6.45, 7) is -0.570. The van der Waals surface area contributed by atoms with Gasteiger partial charge in [-0.05, 0) is 66.9 Å². The van der Waals surface area contributed by atoms with Crippen molar-refractivity contribution >= 4 is 33.9 Å². The van der Waals surface area contributed by atoms with Gasteiger partial charge in [-0.25, -0.2) is 23.1 Å². The number of benzene rings is 2. The van der Waals surface area contributed by atoms with Crippen molar-refractivity contribution in [1.29, 1.82) is 0 Å². The van der Waals surface area contributed by atoms with E-state index >= 15 is 0 Å². The van der Waals surface area contributed by atoms with Gasteiger partial charge in [0.25, 0.3) is 21.8 Å². The molecule has 1 aliphatic carbocycles. The minimum atomic E-state index is -4.04. The molecular formula is C28H31N5O5S. The number of hydrogen-bond acceptors (Lipinski definition) is 7. The van der Waals surface area contributed by atoms with Crippen LogP contribution in [0, 0.1) is 0 Å². The SMILES string of the molecule is O=C(CN(c1ccccn1)S(=O)(=O)c1ccccc1)N/N=C\c1ccc(OCC(=O)NC2CCCCC2)cc1. The molecule has 1 saturated carbocycles. The first kappa shape index (κ1) is 27.8. The maximum atomic E-state index is 13.2. The van der Waals surface area contributed by atoms with Gasteiger partial charge in [0, 0.05) is 12.2 Å². The molecule has 2 N–H and O–H groups in total. The summed E-state index contributed by atoms with van der Waals surface area (Å²) in [7, 11) is -4.04. The smallest absolute Gasteiger partial charge is 0.265 e. The second kappa shape index (κ2) is 13.5. The Balaban J connectivity index is 1.30. The van der Waals surface area contributed by atoms with E-state index in [1.807, 2.05) is 0 Å². The minimum Gasteiger partial charge on any atom is -0.484 e. The highest BCUT2D eigenvalue weighted by Crippen LogP contribution is 2.21. The number of hydrazone groups is 1. The second-order valence-corrected chi connectivity index (χ2v) is 10.9. The first-order valence-electron chi connectivity index (χ1n) is 12.7. The number of carbonyl (C=O) groups is 2. The molecule has 0 atom stereocenters. The number of aromatic nitrogens is 1. The third-order valence-electron chi connectivity index (χ3n) is 6.15. The molecule has 0 spiro atoms. The van der Waals surface area contributed by atoms with E-state index < -0.39 is 22.5 Å². The highest BCUT2D eigenvalue weighted by Gasteiger charge is 2.27. The fourth-order valence-corrected chi connectivity index (χ4v) is 5.57. The van der Waals surface area contributed by atoms with E-state index in [4.69, 9.17) is 4.74 Å². The summed E-state index contributed by atoms with van der Waals surface area (Å²) < 4.78 is 32.9. The Morgan fingerprint density at radius 3 is 2.36 bits per heavy atom. The van der Waals surface area contributed by atoms with Gasteiger partial charge in [0.05, 0.1) is 11.1 Å². The Bertz CT molecular complexity index is 1360. The average molecular weight is 550 g/mol. The van der Waals surface area contributed by atoms with Crippen LogP contribution in [0.3, 0.4) is 0 Å². The van der Waals surface area contributed by atoms with Crippen LogP contribution in [-0.2, 0) is 19.6 Å². The van der Waals surface area contributed by atoms with Crippen molar-refractivity contribution in [2.75, 3.05) is 17.5 Å². The van der Waals surface area contributed by atoms with Crippen molar-refractivity contribution in [1.82, 2.24) is 15.7 Å². The van der Waals surface area contributed by atoms with Crippen LogP contribution in [0.1, 0.15) is 37.7 Å². The molecular weight excluding hydrogens is 518 g/mol. The summed E-state index contributed by atoms with van der Waals surface area (Å²) in [6, 6.07) is 19.7. The lowest BCUT2D eigenvalue weighted by Gasteiger charge is -2.22. The molecule has 0 aliphatic heterocycles. The number of amides is 2. The van der Waals surface area contributed by atoms with Crippen LogP contribution in [0.2, 0.25) is 0 Å². The molecule has 1 fully saturated rings. The highest BCUT2D eigenvalue weighted by atomic mass is 32.2. The fourth-order valence-electron chi connectivity index (χ4n) is 4.17. The standard InChI is InChI=1S/C28H31N5O5S/c34-27(20-33(26-13-7-8-18-29-26)39(36,37)25-11-5-2-6-12-25)32-30-19-22-14-16-24(17-15-22)38-21-28(35)31-23-9-3-1-4-10-23/h2,5-8,11-19,23H,1,3-4,9-10,20-21H2,(H,31,35)(H,32,34)/b30-19-. The van der Waals surface area contributed by atoms with Gasteiger partial charge in [0.1, 0.15) is 18.1 Å². The van der Waals surface area contributed by atoms with Gasteiger partial charge in [-0.15, -0.1) is 0 Å². The number of sulfonamides is 1. The normalized spacial score (nSPS) is 14.1. The largest absolute Gasteiger partial charge is 0.484 e. The Kier molecular flexibility index (Phi) is 9.63. The van der Waals surface area contributed by atoms with Gasteiger partial charge >= 0.3 is 0 Å². The van der Waals surface area contributed by atoms with E-state index in [-0.39, 0.29) is 29.3 Å². The predicted molar refractivity (Wildman–Crippen MR) is 148 cm³/mol. The number of nitrogens with one attached hydrogen (secondary N) is 2. The third-order valence-corrected chi connectivity index (χ3v) is 7.91. The zero-order chi connectivity index (χ0) is 27.5. The zero-order valence-electron chi connectivity index (χ0n) is 21.4. The monoisotopic (exact) mass is 549 g/mol. The van der Waals surface area contributed by atoms with Crippen LogP contribution in [0.15, 0.2) is 89.0 Å². The van der Waals surface area contributed by atoms with Gasteiger partial charge in [-0.1, -0.05) is 43.5 Å². The summed E-state index contributed by atoms with van der Waals surface area (Å²) in [5.74, 6) is -0.125. The van der Waals surface area contributed by atoms with Crippen molar-refractivity contribution in [3.05, 3.63) is 84.6 Å². The number of hydrogen-bond donors (Lipinski definition) is 2. The first-order chi connectivity index (χ1) is 18.9. The Labute approximate surface area is 228 Å². The quantitative estimate of drug-likeness (QED) is 0.279. The molecule has 0 unspecified atom stereocenters. The lowest BCUT2D eigenvalue weighted by atomic mass is 9.95. The first-order valence-corrected chi connectivity index (χ1v) is 14.2. The molecule has 0 bridgehead atoms. The van der Waals surface area contributed by atoms with Crippen molar-refractivity contribution in [2.45, 2.75) is 43.0 Å². The van der Waals surface area contributed by atoms with Gasteiger partial charge in [-0.3, -0.25) is 9.59 Å². The van der Waals surface area contributed by atoms with Crippen molar-refractivity contribution < 1.29 is 22.7 Å². The summed E-state index contributed by atoms with van der Waals surface area (Å²) in [5, 5.41) is 6.95. The third kappa shape index (κ3) is 8.11. The van der Waals surface area contributed by atoms with Crippen molar-refractivity contribution in [2.24, 2.45) is 5.10 Å². The molecule has 4 rings (SSSR count). The minimum absolute atomic E-state index is 0.0423. The topological polar surface area (TPSA) is 130 Å². The fraction of sp³-hybridized carbons (Fsp3) is 0.286. The number of nitrogens with zero attached hydrogens (tertiary/aromatic N) is 3. The van der Waals surface area contributed by atoms with E-state index in [1.54, 1.807) is 54.6 Å². The van der Waals surface area contributed by atoms with Gasteiger partial charge in [0.15, 0.2) is 6.61 Å². The van der Waals surface area contributed by atoms with Crippen LogP contribution in [0.4, 0.5) is 5.82 Å². The molecule has 39 heavy (non-hydrogen) atoms. The maximum absolute atomic E-state index is 13.2. The van der Waals surface area contributed by atoms with E-state index in [9.17, 15) is 18.0 Å². The number of pyridine rings is 1. The summed E-state index contributed by atoms with van der Waals surface area (Å²) in [5.41, 5.74) is 3.03. The Hall–Kier alpha value is -4.25. The van der Waals surface area contributed by atoms with E-state index in [1.165, 1.54) is 37.0 Å². The molecule has 1 aliphatic rings. The van der Waals surface area contributed by atoms with E-state index in [0.717, 1.165) is 30.0 Å². The van der Waals surface area contributed by atoms with E-state index in [2.05, 4.69) is 20.8 Å². The van der Waals surface area contributed by atoms with Crippen molar-refractivity contribution in [3.8, 4) is 5.75 Å². The summed E-state index contributed by atoms with van der Waals surface area (Å²) in [4.78, 5) is 28.9. The van der Waals surface area contributed by atoms with Crippen LogP contribution < -0.4 is 19.8 Å². The van der Waals surface area contributed by atoms with Gasteiger partial charge in [0.2, 0.25) is 0 Å². The molecule has 10 nitrogen and oxygen atoms in total. The summed E-state index contributed by atoms with van der Waals surface area (Å²) >= 11 is 0. The van der Waals surface area contributed by atoms with Crippen LogP contribution in [-0.4, -0.2) is 50.6 Å². The zero-order valence-corrected chi connectivity index (χ0v) is 22.2. The molecule has 0 saturated heterocycles. The lowest BCUT2D eigenvalue weighted by Crippen LogP contribution is -2.40. The summed E-state index contributed by atoms with van der Waals surface area (Å²) in [6.07, 6.45) is 8.42.